The van der Waals surface area contributed by atoms with Crippen LogP contribution in [0.3, 0.4) is 0 Å². The zero-order valence-corrected chi connectivity index (χ0v) is 13.2. The molecule has 0 bridgehead atoms. The summed E-state index contributed by atoms with van der Waals surface area (Å²) in [6.07, 6.45) is 2.30. The number of sulfonamides is 1. The molecule has 3 N–H and O–H groups in total. The zero-order valence-electron chi connectivity index (χ0n) is 11.7. The van der Waals surface area contributed by atoms with Gasteiger partial charge in [-0.25, -0.2) is 13.1 Å². The average Bonchev–Trinajstić information content (AvgIpc) is 2.40. The van der Waals surface area contributed by atoms with Crippen LogP contribution in [0.1, 0.15) is 23.2 Å². The van der Waals surface area contributed by atoms with Crippen molar-refractivity contribution >= 4 is 33.2 Å². The summed E-state index contributed by atoms with van der Waals surface area (Å²) in [5.41, 5.74) is 6.54. The van der Waals surface area contributed by atoms with Crippen molar-refractivity contribution in [3.05, 3.63) is 28.8 Å². The summed E-state index contributed by atoms with van der Waals surface area (Å²) in [4.78, 5) is 14.1. The quantitative estimate of drug-likeness (QED) is 0.810. The van der Waals surface area contributed by atoms with Gasteiger partial charge in [-0.1, -0.05) is 11.6 Å². The number of rotatable bonds is 3. The lowest BCUT2D eigenvalue weighted by molar-refractivity contribution is 0.0711. The zero-order chi connectivity index (χ0) is 15.6. The number of carbonyl (C=O) groups excluding carboxylic acids is 1. The molecular formula is C13H18ClN3O3S. The molecule has 116 valence electrons. The van der Waals surface area contributed by atoms with Gasteiger partial charge in [-0.3, -0.25) is 4.79 Å². The van der Waals surface area contributed by atoms with Crippen LogP contribution >= 0.6 is 11.6 Å². The molecule has 0 unspecified atom stereocenters. The Labute approximate surface area is 129 Å². The van der Waals surface area contributed by atoms with E-state index in [-0.39, 0.29) is 11.9 Å². The van der Waals surface area contributed by atoms with Crippen molar-refractivity contribution in [2.75, 3.05) is 25.1 Å². The number of likely N-dealkylation sites (tertiary alicyclic amines) is 1. The number of nitrogens with zero attached hydrogens (tertiary/aromatic N) is 1. The van der Waals surface area contributed by atoms with Gasteiger partial charge in [0.1, 0.15) is 0 Å². The van der Waals surface area contributed by atoms with Gasteiger partial charge in [0.25, 0.3) is 5.91 Å². The Bertz CT molecular complexity index is 640. The van der Waals surface area contributed by atoms with Gasteiger partial charge in [0, 0.05) is 24.8 Å². The minimum Gasteiger partial charge on any atom is -0.399 e. The molecule has 1 aromatic carbocycles. The maximum absolute atomic E-state index is 12.4. The Morgan fingerprint density at radius 1 is 1.38 bits per heavy atom. The molecule has 1 heterocycles. The predicted molar refractivity (Wildman–Crippen MR) is 82.8 cm³/mol. The van der Waals surface area contributed by atoms with Crippen molar-refractivity contribution < 1.29 is 13.2 Å². The summed E-state index contributed by atoms with van der Waals surface area (Å²) < 4.78 is 25.0. The van der Waals surface area contributed by atoms with E-state index in [0.29, 0.717) is 42.2 Å². The molecule has 21 heavy (non-hydrogen) atoms. The molecule has 2 rings (SSSR count). The van der Waals surface area contributed by atoms with Crippen LogP contribution in [0.5, 0.6) is 0 Å². The number of anilines is 1. The number of piperidine rings is 1. The van der Waals surface area contributed by atoms with Crippen LogP contribution in [0.4, 0.5) is 5.69 Å². The van der Waals surface area contributed by atoms with E-state index in [1.165, 1.54) is 0 Å². The number of halogens is 1. The van der Waals surface area contributed by atoms with Crippen molar-refractivity contribution in [2.24, 2.45) is 0 Å². The third kappa shape index (κ3) is 4.33. The second-order valence-corrected chi connectivity index (χ2v) is 7.38. The van der Waals surface area contributed by atoms with Gasteiger partial charge in [-0.05, 0) is 31.0 Å². The fraction of sp³-hybridized carbons (Fsp3) is 0.462. The Morgan fingerprint density at radius 2 is 2.00 bits per heavy atom. The summed E-state index contributed by atoms with van der Waals surface area (Å²) >= 11 is 6.03. The van der Waals surface area contributed by atoms with Gasteiger partial charge >= 0.3 is 0 Å². The fourth-order valence-corrected chi connectivity index (χ4v) is 3.42. The highest BCUT2D eigenvalue weighted by Crippen LogP contribution is 2.22. The molecule has 1 amide bonds. The van der Waals surface area contributed by atoms with Crippen LogP contribution in [-0.2, 0) is 10.0 Å². The summed E-state index contributed by atoms with van der Waals surface area (Å²) in [6.45, 7) is 0.967. The SMILES string of the molecule is CS(=O)(=O)NC1CCN(C(=O)c2cc(N)ccc2Cl)CC1. The third-order valence-corrected chi connectivity index (χ3v) is 4.47. The van der Waals surface area contributed by atoms with Crippen LogP contribution in [0.2, 0.25) is 5.02 Å². The van der Waals surface area contributed by atoms with Gasteiger partial charge in [0.15, 0.2) is 0 Å². The second-order valence-electron chi connectivity index (χ2n) is 5.20. The molecule has 0 spiro atoms. The molecule has 6 nitrogen and oxygen atoms in total. The predicted octanol–water partition coefficient (Wildman–Crippen LogP) is 1.08. The highest BCUT2D eigenvalue weighted by atomic mass is 35.5. The number of carbonyl (C=O) groups is 1. The first kappa shape index (κ1) is 16.1. The number of hydrogen-bond acceptors (Lipinski definition) is 4. The molecule has 1 fully saturated rings. The smallest absolute Gasteiger partial charge is 0.255 e. The van der Waals surface area contributed by atoms with Crippen LogP contribution < -0.4 is 10.5 Å². The number of nitrogen functional groups attached to an aromatic ring is 1. The first-order valence-electron chi connectivity index (χ1n) is 6.58. The normalized spacial score (nSPS) is 17.0. The number of nitrogens with one attached hydrogen (secondary N) is 1. The maximum Gasteiger partial charge on any atom is 0.255 e. The first-order chi connectivity index (χ1) is 9.76. The average molecular weight is 332 g/mol. The Kier molecular flexibility index (Phi) is 4.75. The van der Waals surface area contributed by atoms with E-state index in [1.54, 1.807) is 23.1 Å². The Morgan fingerprint density at radius 3 is 2.57 bits per heavy atom. The van der Waals surface area contributed by atoms with E-state index < -0.39 is 10.0 Å². The highest BCUT2D eigenvalue weighted by molar-refractivity contribution is 7.88. The molecule has 8 heteroatoms. The molecule has 0 aromatic heterocycles. The van der Waals surface area contributed by atoms with E-state index in [1.807, 2.05) is 0 Å². The molecular weight excluding hydrogens is 314 g/mol. The Hall–Kier alpha value is -1.31. The standard InChI is InChI=1S/C13H18ClN3O3S/c1-21(19,20)16-10-4-6-17(7-5-10)13(18)11-8-9(15)2-3-12(11)14/h2-3,8,10,16H,4-7,15H2,1H3. The van der Waals surface area contributed by atoms with Crippen LogP contribution in [0.25, 0.3) is 0 Å². The van der Waals surface area contributed by atoms with Crippen molar-refractivity contribution in [3.8, 4) is 0 Å². The minimum absolute atomic E-state index is 0.125. The van der Waals surface area contributed by atoms with Crippen molar-refractivity contribution in [1.82, 2.24) is 9.62 Å². The highest BCUT2D eigenvalue weighted by Gasteiger charge is 2.26. The summed E-state index contributed by atoms with van der Waals surface area (Å²) in [5, 5.41) is 0.366. The van der Waals surface area contributed by atoms with Crippen molar-refractivity contribution in [1.29, 1.82) is 0 Å². The van der Waals surface area contributed by atoms with Gasteiger partial charge in [0.2, 0.25) is 10.0 Å². The number of hydrogen-bond donors (Lipinski definition) is 2. The van der Waals surface area contributed by atoms with E-state index in [4.69, 9.17) is 17.3 Å². The van der Waals surface area contributed by atoms with E-state index in [9.17, 15) is 13.2 Å². The van der Waals surface area contributed by atoms with Crippen molar-refractivity contribution in [3.63, 3.8) is 0 Å². The van der Waals surface area contributed by atoms with E-state index >= 15 is 0 Å². The molecule has 0 radical (unpaired) electrons. The summed E-state index contributed by atoms with van der Waals surface area (Å²) in [5.74, 6) is -0.176. The largest absolute Gasteiger partial charge is 0.399 e. The monoisotopic (exact) mass is 331 g/mol. The molecule has 0 saturated carbocycles. The number of amides is 1. The lowest BCUT2D eigenvalue weighted by Crippen LogP contribution is -2.46. The van der Waals surface area contributed by atoms with Gasteiger partial charge in [-0.15, -0.1) is 0 Å². The molecule has 1 saturated heterocycles. The van der Waals surface area contributed by atoms with Gasteiger partial charge in [-0.2, -0.15) is 0 Å². The molecule has 1 aromatic rings. The Balaban J connectivity index is 2.02. The van der Waals surface area contributed by atoms with E-state index in [0.717, 1.165) is 6.26 Å². The molecule has 1 aliphatic rings. The lowest BCUT2D eigenvalue weighted by Gasteiger charge is -2.32. The van der Waals surface area contributed by atoms with Gasteiger partial charge in [0.05, 0.1) is 16.8 Å². The van der Waals surface area contributed by atoms with Crippen molar-refractivity contribution in [2.45, 2.75) is 18.9 Å². The van der Waals surface area contributed by atoms with Gasteiger partial charge < -0.3 is 10.6 Å². The molecule has 1 aliphatic heterocycles. The molecule has 0 atom stereocenters. The number of benzene rings is 1. The van der Waals surface area contributed by atoms with Crippen LogP contribution in [-0.4, -0.2) is 44.6 Å². The van der Waals surface area contributed by atoms with Crippen LogP contribution in [0, 0.1) is 0 Å². The second kappa shape index (κ2) is 6.21. The third-order valence-electron chi connectivity index (χ3n) is 3.38. The topological polar surface area (TPSA) is 92.5 Å². The first-order valence-corrected chi connectivity index (χ1v) is 8.85. The van der Waals surface area contributed by atoms with E-state index in [2.05, 4.69) is 4.72 Å². The summed E-state index contributed by atoms with van der Waals surface area (Å²) in [6, 6.07) is 4.68. The number of nitrogens with two attached hydrogens (primary N) is 1. The maximum atomic E-state index is 12.4. The van der Waals surface area contributed by atoms with Crippen LogP contribution in [0.15, 0.2) is 18.2 Å². The molecule has 0 aliphatic carbocycles. The fourth-order valence-electron chi connectivity index (χ4n) is 2.38. The minimum atomic E-state index is -3.22. The lowest BCUT2D eigenvalue weighted by atomic mass is 10.0. The summed E-state index contributed by atoms with van der Waals surface area (Å²) in [7, 11) is -3.22.